The number of alkyl halides is 4. The van der Waals surface area contributed by atoms with Crippen LogP contribution < -0.4 is 9.47 Å². The molecule has 0 bridgehead atoms. The van der Waals surface area contributed by atoms with Crippen molar-refractivity contribution in [2.24, 2.45) is 0 Å². The van der Waals surface area contributed by atoms with E-state index >= 15 is 0 Å². The van der Waals surface area contributed by atoms with Crippen molar-refractivity contribution in [1.29, 1.82) is 0 Å². The summed E-state index contributed by atoms with van der Waals surface area (Å²) in [4.78, 5) is 0. The minimum Gasteiger partial charge on any atom is -0.494 e. The zero-order valence-corrected chi connectivity index (χ0v) is 14.4. The molecule has 0 atom stereocenters. The molecule has 0 aliphatic heterocycles. The van der Waals surface area contributed by atoms with E-state index in [2.05, 4.69) is 0 Å². The van der Waals surface area contributed by atoms with E-state index in [1.165, 1.54) is 48.5 Å². The Balaban J connectivity index is 2.04. The molecule has 2 aromatic carbocycles. The van der Waals surface area contributed by atoms with Crippen LogP contribution >= 0.6 is 11.6 Å². The van der Waals surface area contributed by atoms with Crippen LogP contribution in [-0.4, -0.2) is 25.8 Å². The predicted octanol–water partition coefficient (Wildman–Crippen LogP) is 5.57. The number of hydrogen-bond acceptors (Lipinski definition) is 2. The molecule has 2 rings (SSSR count). The summed E-state index contributed by atoms with van der Waals surface area (Å²) in [5.41, 5.74) is -0.260. The van der Waals surface area contributed by atoms with Gasteiger partial charge in [-0.3, -0.25) is 4.39 Å². The molecule has 2 aromatic rings. The average Bonchev–Trinajstić information content (AvgIpc) is 2.63. The molecule has 0 fully saturated rings. The number of ether oxygens (including phenoxy) is 2. The van der Waals surface area contributed by atoms with E-state index < -0.39 is 12.6 Å². The van der Waals surface area contributed by atoms with Gasteiger partial charge in [0.2, 0.25) is 0 Å². The summed E-state index contributed by atoms with van der Waals surface area (Å²) in [5, 5.41) is 0. The van der Waals surface area contributed by atoms with Crippen molar-refractivity contribution in [3.05, 3.63) is 59.7 Å². The molecule has 0 N–H and O–H groups in total. The second-order valence-corrected chi connectivity index (χ2v) is 5.78. The van der Waals surface area contributed by atoms with Crippen molar-refractivity contribution in [1.82, 2.24) is 0 Å². The van der Waals surface area contributed by atoms with Crippen LogP contribution in [0.5, 0.6) is 11.5 Å². The lowest BCUT2D eigenvalue weighted by molar-refractivity contribution is 0.0427. The fraction of sp³-hybridized carbons (Fsp3) is 0.368. The van der Waals surface area contributed by atoms with Gasteiger partial charge in [0.05, 0.1) is 19.9 Å². The van der Waals surface area contributed by atoms with Crippen LogP contribution in [0.1, 0.15) is 24.0 Å². The van der Waals surface area contributed by atoms with E-state index in [-0.39, 0.29) is 24.2 Å². The Morgan fingerprint density at radius 2 is 1.20 bits per heavy atom. The van der Waals surface area contributed by atoms with Crippen LogP contribution in [0.3, 0.4) is 0 Å². The van der Waals surface area contributed by atoms with E-state index in [1.54, 1.807) is 0 Å². The average molecular weight is 373 g/mol. The number of benzene rings is 2. The van der Waals surface area contributed by atoms with Crippen molar-refractivity contribution in [3.63, 3.8) is 0 Å². The van der Waals surface area contributed by atoms with Crippen LogP contribution in [-0.2, 0) is 5.92 Å². The van der Waals surface area contributed by atoms with Gasteiger partial charge >= 0.3 is 0 Å². The lowest BCUT2D eigenvalue weighted by Crippen LogP contribution is -2.15. The van der Waals surface area contributed by atoms with Crippen LogP contribution in [0.25, 0.3) is 0 Å². The van der Waals surface area contributed by atoms with Crippen molar-refractivity contribution in [3.8, 4) is 11.5 Å². The Kier molecular flexibility index (Phi) is 7.44. The van der Waals surface area contributed by atoms with Gasteiger partial charge in [-0.25, -0.2) is 0 Å². The topological polar surface area (TPSA) is 18.5 Å². The zero-order chi connectivity index (χ0) is 18.1. The highest BCUT2D eigenvalue weighted by Crippen LogP contribution is 2.37. The summed E-state index contributed by atoms with van der Waals surface area (Å²) < 4.78 is 51.9. The molecule has 0 amide bonds. The highest BCUT2D eigenvalue weighted by molar-refractivity contribution is 6.17. The maximum Gasteiger partial charge on any atom is 0.298 e. The van der Waals surface area contributed by atoms with E-state index in [0.717, 1.165) is 0 Å². The van der Waals surface area contributed by atoms with Gasteiger partial charge in [-0.15, -0.1) is 11.6 Å². The third-order valence-electron chi connectivity index (χ3n) is 3.53. The van der Waals surface area contributed by atoms with E-state index in [0.29, 0.717) is 30.4 Å². The van der Waals surface area contributed by atoms with Gasteiger partial charge < -0.3 is 9.47 Å². The maximum atomic E-state index is 14.6. The van der Waals surface area contributed by atoms with Crippen LogP contribution in [0, 0.1) is 0 Å². The molecule has 0 aromatic heterocycles. The molecule has 0 heterocycles. The van der Waals surface area contributed by atoms with E-state index in [4.69, 9.17) is 21.1 Å². The molecule has 25 heavy (non-hydrogen) atoms. The molecule has 0 aliphatic carbocycles. The Bertz CT molecular complexity index is 575. The minimum atomic E-state index is -3.13. The predicted molar refractivity (Wildman–Crippen MR) is 92.8 cm³/mol. The fourth-order valence-corrected chi connectivity index (χ4v) is 2.29. The summed E-state index contributed by atoms with van der Waals surface area (Å²) >= 11 is 5.56. The SMILES string of the molecule is FCCCOc1ccc(C(F)(F)c2ccc(OCCCCl)cc2)cc1. The number of halogens is 4. The molecule has 0 radical (unpaired) electrons. The maximum absolute atomic E-state index is 14.6. The third kappa shape index (κ3) is 5.56. The largest absolute Gasteiger partial charge is 0.494 e. The standard InChI is InChI=1S/C19H20ClF3O2/c20-11-1-13-24-17-7-3-15(4-8-17)19(22,23)16-5-9-18(10-6-16)25-14-2-12-21/h3-10H,1-2,11-14H2. The highest BCUT2D eigenvalue weighted by Gasteiger charge is 2.33. The molecular formula is C19H20ClF3O2. The minimum absolute atomic E-state index is 0.122. The monoisotopic (exact) mass is 372 g/mol. The van der Waals surface area contributed by atoms with Crippen molar-refractivity contribution in [2.45, 2.75) is 18.8 Å². The zero-order valence-electron chi connectivity index (χ0n) is 13.7. The molecule has 0 aliphatic rings. The number of rotatable bonds is 10. The Morgan fingerprint density at radius 1 is 0.760 bits per heavy atom. The van der Waals surface area contributed by atoms with Crippen LogP contribution in [0.15, 0.2) is 48.5 Å². The fourth-order valence-electron chi connectivity index (χ4n) is 2.18. The first-order valence-electron chi connectivity index (χ1n) is 8.04. The van der Waals surface area contributed by atoms with Crippen molar-refractivity contribution < 1.29 is 22.6 Å². The molecule has 2 nitrogen and oxygen atoms in total. The third-order valence-corrected chi connectivity index (χ3v) is 3.79. The molecule has 0 unspecified atom stereocenters. The second kappa shape index (κ2) is 9.56. The van der Waals surface area contributed by atoms with Crippen LogP contribution in [0.4, 0.5) is 13.2 Å². The first-order chi connectivity index (χ1) is 12.1. The highest BCUT2D eigenvalue weighted by atomic mass is 35.5. The van der Waals surface area contributed by atoms with E-state index in [1.807, 2.05) is 0 Å². The molecule has 0 saturated carbocycles. The van der Waals surface area contributed by atoms with Gasteiger partial charge in [-0.05, 0) is 55.0 Å². The van der Waals surface area contributed by atoms with E-state index in [9.17, 15) is 13.2 Å². The quantitative estimate of drug-likeness (QED) is 0.401. The molecular weight excluding hydrogens is 353 g/mol. The first kappa shape index (κ1) is 19.4. The smallest absolute Gasteiger partial charge is 0.298 e. The molecule has 0 saturated heterocycles. The summed E-state index contributed by atoms with van der Waals surface area (Å²) in [6, 6.07) is 11.3. The van der Waals surface area contributed by atoms with Gasteiger partial charge in [-0.1, -0.05) is 0 Å². The first-order valence-corrected chi connectivity index (χ1v) is 8.58. The molecule has 136 valence electrons. The van der Waals surface area contributed by atoms with Gasteiger partial charge in [0.25, 0.3) is 5.92 Å². The number of hydrogen-bond donors (Lipinski definition) is 0. The lowest BCUT2D eigenvalue weighted by atomic mass is 10.0. The van der Waals surface area contributed by atoms with Gasteiger partial charge in [0.15, 0.2) is 0 Å². The van der Waals surface area contributed by atoms with Gasteiger partial charge in [0, 0.05) is 23.4 Å². The molecule has 6 heteroatoms. The summed E-state index contributed by atoms with van der Waals surface area (Å²) in [6.45, 7) is 0.197. The summed E-state index contributed by atoms with van der Waals surface area (Å²) in [7, 11) is 0. The second-order valence-electron chi connectivity index (χ2n) is 5.41. The summed E-state index contributed by atoms with van der Waals surface area (Å²) in [6.07, 6.45) is 0.969. The normalized spacial score (nSPS) is 11.4. The Labute approximate surface area is 150 Å². The summed E-state index contributed by atoms with van der Waals surface area (Å²) in [5.74, 6) is -1.67. The van der Waals surface area contributed by atoms with Gasteiger partial charge in [-0.2, -0.15) is 8.78 Å². The van der Waals surface area contributed by atoms with Crippen molar-refractivity contribution >= 4 is 11.6 Å². The van der Waals surface area contributed by atoms with Crippen LogP contribution in [0.2, 0.25) is 0 Å². The Hall–Kier alpha value is -1.88. The van der Waals surface area contributed by atoms with Crippen molar-refractivity contribution in [2.75, 3.05) is 25.8 Å². The molecule has 0 spiro atoms. The van der Waals surface area contributed by atoms with Gasteiger partial charge in [0.1, 0.15) is 11.5 Å². The Morgan fingerprint density at radius 3 is 1.60 bits per heavy atom. The lowest BCUT2D eigenvalue weighted by Gasteiger charge is -2.18.